The smallest absolute Gasteiger partial charge is 0.310 e. The number of hydrogen-bond donors (Lipinski definition) is 1. The van der Waals surface area contributed by atoms with Crippen LogP contribution >= 0.6 is 0 Å². The van der Waals surface area contributed by atoms with Gasteiger partial charge in [0.15, 0.2) is 0 Å². The first-order valence-electron chi connectivity index (χ1n) is 6.16. The van der Waals surface area contributed by atoms with Crippen LogP contribution in [-0.4, -0.2) is 17.6 Å². The number of benzene rings is 1. The fraction of sp³-hybridized carbons (Fsp3) is 0.200. The van der Waals surface area contributed by atoms with Gasteiger partial charge in [0.05, 0.1) is 24.4 Å². The molecule has 0 radical (unpaired) electrons. The van der Waals surface area contributed by atoms with Gasteiger partial charge in [-0.3, -0.25) is 9.78 Å². The molecule has 1 aromatic heterocycles. The van der Waals surface area contributed by atoms with E-state index in [1.165, 1.54) is 0 Å². The summed E-state index contributed by atoms with van der Waals surface area (Å²) >= 11 is 0. The van der Waals surface area contributed by atoms with E-state index in [0.717, 1.165) is 16.8 Å². The van der Waals surface area contributed by atoms with Crippen molar-refractivity contribution in [1.82, 2.24) is 4.98 Å². The van der Waals surface area contributed by atoms with Crippen LogP contribution in [0, 0.1) is 0 Å². The third-order valence-electron chi connectivity index (χ3n) is 2.67. The summed E-state index contributed by atoms with van der Waals surface area (Å²) in [6.07, 6.45) is 1.86. The number of carbonyl (C=O) groups is 1. The molecule has 0 unspecified atom stereocenters. The number of anilines is 1. The summed E-state index contributed by atoms with van der Waals surface area (Å²) in [6.45, 7) is 2.16. The molecule has 0 saturated carbocycles. The molecular weight excluding hydrogens is 240 g/mol. The molecule has 0 aliphatic heterocycles. The SMILES string of the molecule is CCOC(=O)Cc1cnc(-c2ccccc2)c(N)c1. The first-order chi connectivity index (χ1) is 9.20. The lowest BCUT2D eigenvalue weighted by Crippen LogP contribution is -2.08. The Kier molecular flexibility index (Phi) is 4.13. The normalized spacial score (nSPS) is 10.2. The number of nitrogens with two attached hydrogens (primary N) is 1. The molecule has 0 amide bonds. The maximum Gasteiger partial charge on any atom is 0.310 e. The van der Waals surface area contributed by atoms with Crippen molar-refractivity contribution in [1.29, 1.82) is 0 Å². The highest BCUT2D eigenvalue weighted by atomic mass is 16.5. The molecule has 1 aromatic carbocycles. The van der Waals surface area contributed by atoms with E-state index in [1.54, 1.807) is 19.2 Å². The average Bonchev–Trinajstić information content (AvgIpc) is 2.40. The van der Waals surface area contributed by atoms with Crippen molar-refractivity contribution < 1.29 is 9.53 Å². The molecule has 1 heterocycles. The summed E-state index contributed by atoms with van der Waals surface area (Å²) in [7, 11) is 0. The lowest BCUT2D eigenvalue weighted by Gasteiger charge is -2.07. The minimum atomic E-state index is -0.267. The Morgan fingerprint density at radius 2 is 2.05 bits per heavy atom. The highest BCUT2D eigenvalue weighted by Gasteiger charge is 2.08. The molecule has 0 bridgehead atoms. The number of carbonyl (C=O) groups excluding carboxylic acids is 1. The van der Waals surface area contributed by atoms with Crippen molar-refractivity contribution in [3.63, 3.8) is 0 Å². The highest BCUT2D eigenvalue weighted by Crippen LogP contribution is 2.23. The number of esters is 1. The lowest BCUT2D eigenvalue weighted by atomic mass is 10.1. The fourth-order valence-electron chi connectivity index (χ4n) is 1.84. The molecule has 0 aliphatic carbocycles. The Morgan fingerprint density at radius 1 is 1.32 bits per heavy atom. The predicted octanol–water partition coefficient (Wildman–Crippen LogP) is 2.44. The quantitative estimate of drug-likeness (QED) is 0.853. The van der Waals surface area contributed by atoms with Crippen LogP contribution < -0.4 is 5.73 Å². The Morgan fingerprint density at radius 3 is 2.68 bits per heavy atom. The van der Waals surface area contributed by atoms with Gasteiger partial charge in [-0.1, -0.05) is 30.3 Å². The van der Waals surface area contributed by atoms with Gasteiger partial charge in [0.1, 0.15) is 0 Å². The van der Waals surface area contributed by atoms with Gasteiger partial charge < -0.3 is 10.5 Å². The largest absolute Gasteiger partial charge is 0.466 e. The molecule has 0 atom stereocenters. The zero-order chi connectivity index (χ0) is 13.7. The molecule has 0 spiro atoms. The van der Waals surface area contributed by atoms with E-state index in [1.807, 2.05) is 30.3 Å². The molecule has 2 N–H and O–H groups in total. The van der Waals surface area contributed by atoms with Gasteiger partial charge >= 0.3 is 5.97 Å². The Labute approximate surface area is 112 Å². The number of aromatic nitrogens is 1. The first kappa shape index (κ1) is 13.1. The van der Waals surface area contributed by atoms with Crippen molar-refractivity contribution in [3.8, 4) is 11.3 Å². The van der Waals surface area contributed by atoms with Crippen molar-refractivity contribution in [2.24, 2.45) is 0 Å². The van der Waals surface area contributed by atoms with Crippen LogP contribution in [0.15, 0.2) is 42.6 Å². The maximum absolute atomic E-state index is 11.4. The molecule has 0 aliphatic rings. The third-order valence-corrected chi connectivity index (χ3v) is 2.67. The van der Waals surface area contributed by atoms with E-state index >= 15 is 0 Å². The zero-order valence-corrected chi connectivity index (χ0v) is 10.8. The number of ether oxygens (including phenoxy) is 1. The molecule has 2 aromatic rings. The van der Waals surface area contributed by atoms with E-state index in [2.05, 4.69) is 4.98 Å². The summed E-state index contributed by atoms with van der Waals surface area (Å²) in [5, 5.41) is 0. The van der Waals surface area contributed by atoms with Gasteiger partial charge in [-0.25, -0.2) is 0 Å². The molecule has 4 heteroatoms. The molecular formula is C15H16N2O2. The van der Waals surface area contributed by atoms with Crippen LogP contribution in [0.3, 0.4) is 0 Å². The molecule has 0 fully saturated rings. The van der Waals surface area contributed by atoms with Crippen LogP contribution in [0.5, 0.6) is 0 Å². The van der Waals surface area contributed by atoms with Gasteiger partial charge in [0.2, 0.25) is 0 Å². The second kappa shape index (κ2) is 6.00. The maximum atomic E-state index is 11.4. The minimum Gasteiger partial charge on any atom is -0.466 e. The van der Waals surface area contributed by atoms with E-state index in [9.17, 15) is 4.79 Å². The Hall–Kier alpha value is -2.36. The van der Waals surface area contributed by atoms with Gasteiger partial charge in [-0.2, -0.15) is 0 Å². The number of hydrogen-bond acceptors (Lipinski definition) is 4. The van der Waals surface area contributed by atoms with Crippen molar-refractivity contribution >= 4 is 11.7 Å². The highest BCUT2D eigenvalue weighted by molar-refractivity contribution is 5.76. The van der Waals surface area contributed by atoms with Gasteiger partial charge in [0.25, 0.3) is 0 Å². The zero-order valence-electron chi connectivity index (χ0n) is 10.8. The lowest BCUT2D eigenvalue weighted by molar-refractivity contribution is -0.142. The standard InChI is InChI=1S/C15H16N2O2/c1-2-19-14(18)9-11-8-13(16)15(17-10-11)12-6-4-3-5-7-12/h3-8,10H,2,9,16H2,1H3. The molecule has 98 valence electrons. The molecule has 2 rings (SSSR count). The summed E-state index contributed by atoms with van der Waals surface area (Å²) in [4.78, 5) is 15.7. The van der Waals surface area contributed by atoms with E-state index in [-0.39, 0.29) is 12.4 Å². The van der Waals surface area contributed by atoms with E-state index in [4.69, 9.17) is 10.5 Å². The number of pyridine rings is 1. The third kappa shape index (κ3) is 3.31. The van der Waals surface area contributed by atoms with Crippen LogP contribution in [0.4, 0.5) is 5.69 Å². The van der Waals surface area contributed by atoms with E-state index < -0.39 is 0 Å². The van der Waals surface area contributed by atoms with Crippen molar-refractivity contribution in [3.05, 3.63) is 48.2 Å². The van der Waals surface area contributed by atoms with Gasteiger partial charge in [0, 0.05) is 11.8 Å². The predicted molar refractivity (Wildman–Crippen MR) is 74.4 cm³/mol. The van der Waals surface area contributed by atoms with Crippen LogP contribution in [0.1, 0.15) is 12.5 Å². The first-order valence-corrected chi connectivity index (χ1v) is 6.16. The number of nitrogens with zero attached hydrogens (tertiary/aromatic N) is 1. The van der Waals surface area contributed by atoms with Crippen LogP contribution in [-0.2, 0) is 16.0 Å². The number of nitrogen functional groups attached to an aromatic ring is 1. The average molecular weight is 256 g/mol. The van der Waals surface area contributed by atoms with Crippen molar-refractivity contribution in [2.75, 3.05) is 12.3 Å². The number of rotatable bonds is 4. The summed E-state index contributed by atoms with van der Waals surface area (Å²) < 4.78 is 4.89. The minimum absolute atomic E-state index is 0.195. The molecule has 4 nitrogen and oxygen atoms in total. The molecule has 19 heavy (non-hydrogen) atoms. The topological polar surface area (TPSA) is 65.2 Å². The second-order valence-corrected chi connectivity index (χ2v) is 4.13. The summed E-state index contributed by atoms with van der Waals surface area (Å²) in [6, 6.07) is 11.5. The van der Waals surface area contributed by atoms with Crippen molar-refractivity contribution in [2.45, 2.75) is 13.3 Å². The van der Waals surface area contributed by atoms with E-state index in [0.29, 0.717) is 12.3 Å². The van der Waals surface area contributed by atoms with Crippen LogP contribution in [0.2, 0.25) is 0 Å². The second-order valence-electron chi connectivity index (χ2n) is 4.13. The molecule has 0 saturated heterocycles. The fourth-order valence-corrected chi connectivity index (χ4v) is 1.84. The van der Waals surface area contributed by atoms with Gasteiger partial charge in [-0.15, -0.1) is 0 Å². The summed E-state index contributed by atoms with van der Waals surface area (Å²) in [5.41, 5.74) is 9.00. The Bertz CT molecular complexity index is 568. The van der Waals surface area contributed by atoms with Crippen LogP contribution in [0.25, 0.3) is 11.3 Å². The Balaban J connectivity index is 2.20. The monoisotopic (exact) mass is 256 g/mol. The van der Waals surface area contributed by atoms with Gasteiger partial charge in [-0.05, 0) is 18.6 Å². The summed E-state index contributed by atoms with van der Waals surface area (Å²) in [5.74, 6) is -0.267.